The molecule has 0 radical (unpaired) electrons. The maximum absolute atomic E-state index is 13.4. The molecule has 1 heterocycles. The van der Waals surface area contributed by atoms with Gasteiger partial charge >= 0.3 is 0 Å². The van der Waals surface area contributed by atoms with Gasteiger partial charge < -0.3 is 15.5 Å². The molecular weight excluding hydrogens is 287 g/mol. The van der Waals surface area contributed by atoms with Crippen LogP contribution in [0.3, 0.4) is 0 Å². The summed E-state index contributed by atoms with van der Waals surface area (Å²) in [6.45, 7) is 2.44. The summed E-state index contributed by atoms with van der Waals surface area (Å²) >= 11 is 1.94. The summed E-state index contributed by atoms with van der Waals surface area (Å²) < 4.78 is 13.4. The molecule has 1 unspecified atom stereocenters. The third kappa shape index (κ3) is 4.61. The summed E-state index contributed by atoms with van der Waals surface area (Å²) in [6, 6.07) is 6.71. The van der Waals surface area contributed by atoms with Crippen molar-refractivity contribution >= 4 is 17.7 Å². The quantitative estimate of drug-likeness (QED) is 0.680. The molecule has 1 saturated heterocycles. The Morgan fingerprint density at radius 3 is 2.76 bits per heavy atom. The van der Waals surface area contributed by atoms with Crippen molar-refractivity contribution in [1.29, 1.82) is 0 Å². The van der Waals surface area contributed by atoms with Crippen molar-refractivity contribution in [3.05, 3.63) is 35.6 Å². The standard InChI is InChI=1S/C15H23FN4S/c1-19(2)14(12-4-3-5-13(16)10-12)11-18-15(17)20-6-8-21-9-7-20/h3-5,10,14H,6-9,11H2,1-2H3,(H2,17,18). The van der Waals surface area contributed by atoms with Crippen LogP contribution in [0.25, 0.3) is 0 Å². The lowest BCUT2D eigenvalue weighted by Crippen LogP contribution is -2.43. The fraction of sp³-hybridized carbons (Fsp3) is 0.533. The van der Waals surface area contributed by atoms with E-state index in [2.05, 4.69) is 9.89 Å². The number of rotatable bonds is 4. The van der Waals surface area contributed by atoms with Gasteiger partial charge in [-0.1, -0.05) is 12.1 Å². The monoisotopic (exact) mass is 310 g/mol. The van der Waals surface area contributed by atoms with Crippen molar-refractivity contribution in [1.82, 2.24) is 9.80 Å². The lowest BCUT2D eigenvalue weighted by Gasteiger charge is -2.28. The molecule has 0 spiro atoms. The molecule has 2 N–H and O–H groups in total. The molecule has 0 aromatic heterocycles. The first-order valence-electron chi connectivity index (χ1n) is 7.12. The lowest BCUT2D eigenvalue weighted by atomic mass is 10.1. The Morgan fingerprint density at radius 2 is 2.14 bits per heavy atom. The highest BCUT2D eigenvalue weighted by atomic mass is 32.2. The third-order valence-electron chi connectivity index (χ3n) is 3.62. The fourth-order valence-electron chi connectivity index (χ4n) is 2.35. The van der Waals surface area contributed by atoms with E-state index in [1.165, 1.54) is 6.07 Å². The van der Waals surface area contributed by atoms with E-state index in [-0.39, 0.29) is 11.9 Å². The van der Waals surface area contributed by atoms with E-state index in [1.807, 2.05) is 36.8 Å². The first kappa shape index (κ1) is 16.1. The Labute approximate surface area is 130 Å². The van der Waals surface area contributed by atoms with Crippen LogP contribution in [0.5, 0.6) is 0 Å². The van der Waals surface area contributed by atoms with Gasteiger partial charge in [0.25, 0.3) is 0 Å². The first-order chi connectivity index (χ1) is 10.1. The number of hydrogen-bond donors (Lipinski definition) is 1. The number of likely N-dealkylation sites (N-methyl/N-ethyl adjacent to an activating group) is 1. The summed E-state index contributed by atoms with van der Waals surface area (Å²) in [5, 5.41) is 0. The number of hydrogen-bond acceptors (Lipinski definition) is 3. The van der Waals surface area contributed by atoms with Crippen LogP contribution >= 0.6 is 11.8 Å². The molecule has 6 heteroatoms. The van der Waals surface area contributed by atoms with Crippen LogP contribution in [0, 0.1) is 5.82 Å². The van der Waals surface area contributed by atoms with E-state index < -0.39 is 0 Å². The Bertz CT molecular complexity index is 486. The third-order valence-corrected chi connectivity index (χ3v) is 4.56. The highest BCUT2D eigenvalue weighted by molar-refractivity contribution is 7.99. The second kappa shape index (κ2) is 7.66. The molecule has 1 atom stereocenters. The molecule has 1 fully saturated rings. The summed E-state index contributed by atoms with van der Waals surface area (Å²) in [4.78, 5) is 8.68. The molecule has 0 bridgehead atoms. The number of thioether (sulfide) groups is 1. The number of benzene rings is 1. The largest absolute Gasteiger partial charge is 0.370 e. The maximum Gasteiger partial charge on any atom is 0.191 e. The number of nitrogens with two attached hydrogens (primary N) is 1. The highest BCUT2D eigenvalue weighted by Gasteiger charge is 2.16. The summed E-state index contributed by atoms with van der Waals surface area (Å²) in [6.07, 6.45) is 0. The molecule has 1 aromatic rings. The molecule has 1 aliphatic rings. The van der Waals surface area contributed by atoms with Gasteiger partial charge in [-0.15, -0.1) is 0 Å². The Balaban J connectivity index is 2.06. The predicted molar refractivity (Wildman–Crippen MR) is 88.2 cm³/mol. The maximum atomic E-state index is 13.4. The molecular formula is C15H23FN4S. The smallest absolute Gasteiger partial charge is 0.191 e. The zero-order valence-electron chi connectivity index (χ0n) is 12.6. The summed E-state index contributed by atoms with van der Waals surface area (Å²) in [5.41, 5.74) is 7.00. The second-order valence-electron chi connectivity index (χ2n) is 5.33. The molecule has 116 valence electrons. The van der Waals surface area contributed by atoms with Crippen LogP contribution in [0.4, 0.5) is 4.39 Å². The fourth-order valence-corrected chi connectivity index (χ4v) is 3.26. The molecule has 1 aromatic carbocycles. The zero-order valence-corrected chi connectivity index (χ0v) is 13.4. The minimum atomic E-state index is -0.218. The van der Waals surface area contributed by atoms with Crippen molar-refractivity contribution in [2.75, 3.05) is 45.2 Å². The van der Waals surface area contributed by atoms with E-state index in [1.54, 1.807) is 12.1 Å². The Hall–Kier alpha value is -1.27. The number of nitrogens with zero attached hydrogens (tertiary/aromatic N) is 3. The average molecular weight is 310 g/mol. The minimum absolute atomic E-state index is 0.0263. The van der Waals surface area contributed by atoms with Gasteiger partial charge in [-0.3, -0.25) is 4.99 Å². The van der Waals surface area contributed by atoms with Crippen LogP contribution in [-0.2, 0) is 0 Å². The lowest BCUT2D eigenvalue weighted by molar-refractivity contribution is 0.304. The SMILES string of the molecule is CN(C)C(CN=C(N)N1CCSCC1)c1cccc(F)c1. The molecule has 0 aliphatic carbocycles. The van der Waals surface area contributed by atoms with Crippen molar-refractivity contribution in [3.8, 4) is 0 Å². The van der Waals surface area contributed by atoms with Crippen molar-refractivity contribution in [2.24, 2.45) is 10.7 Å². The van der Waals surface area contributed by atoms with E-state index >= 15 is 0 Å². The first-order valence-corrected chi connectivity index (χ1v) is 8.28. The number of aliphatic imine (C=N–C) groups is 1. The highest BCUT2D eigenvalue weighted by Crippen LogP contribution is 2.19. The van der Waals surface area contributed by atoms with Gasteiger partial charge in [0, 0.05) is 24.6 Å². The molecule has 21 heavy (non-hydrogen) atoms. The summed E-state index contributed by atoms with van der Waals surface area (Å²) in [5.74, 6) is 2.57. The molecule has 0 saturated carbocycles. The topological polar surface area (TPSA) is 44.9 Å². The molecule has 2 rings (SSSR count). The predicted octanol–water partition coefficient (Wildman–Crippen LogP) is 1.79. The van der Waals surface area contributed by atoms with Gasteiger partial charge in [0.15, 0.2) is 5.96 Å². The number of guanidine groups is 1. The van der Waals surface area contributed by atoms with Crippen LogP contribution in [0.1, 0.15) is 11.6 Å². The normalized spacial score (nSPS) is 18.1. The molecule has 0 amide bonds. The van der Waals surface area contributed by atoms with Gasteiger partial charge in [-0.2, -0.15) is 11.8 Å². The molecule has 1 aliphatic heterocycles. The van der Waals surface area contributed by atoms with E-state index in [9.17, 15) is 4.39 Å². The number of halogens is 1. The van der Waals surface area contributed by atoms with Crippen LogP contribution in [0.15, 0.2) is 29.3 Å². The van der Waals surface area contributed by atoms with E-state index in [0.29, 0.717) is 12.5 Å². The summed E-state index contributed by atoms with van der Waals surface area (Å²) in [7, 11) is 3.94. The van der Waals surface area contributed by atoms with Gasteiger partial charge in [0.2, 0.25) is 0 Å². The van der Waals surface area contributed by atoms with Gasteiger partial charge in [0.05, 0.1) is 12.6 Å². The minimum Gasteiger partial charge on any atom is -0.370 e. The average Bonchev–Trinajstić information content (AvgIpc) is 2.48. The van der Waals surface area contributed by atoms with Crippen LogP contribution in [0.2, 0.25) is 0 Å². The van der Waals surface area contributed by atoms with Crippen LogP contribution in [-0.4, -0.2) is 61.0 Å². The van der Waals surface area contributed by atoms with Crippen molar-refractivity contribution in [3.63, 3.8) is 0 Å². The van der Waals surface area contributed by atoms with Gasteiger partial charge in [-0.25, -0.2) is 4.39 Å². The van der Waals surface area contributed by atoms with E-state index in [4.69, 9.17) is 5.73 Å². The zero-order chi connectivity index (χ0) is 15.2. The van der Waals surface area contributed by atoms with Crippen LogP contribution < -0.4 is 5.73 Å². The molecule has 4 nitrogen and oxygen atoms in total. The van der Waals surface area contributed by atoms with Gasteiger partial charge in [0.1, 0.15) is 5.82 Å². The van der Waals surface area contributed by atoms with Crippen molar-refractivity contribution < 1.29 is 4.39 Å². The Morgan fingerprint density at radius 1 is 1.43 bits per heavy atom. The van der Waals surface area contributed by atoms with Crippen molar-refractivity contribution in [2.45, 2.75) is 6.04 Å². The Kier molecular flexibility index (Phi) is 5.87. The van der Waals surface area contributed by atoms with Gasteiger partial charge in [-0.05, 0) is 31.8 Å². The van der Waals surface area contributed by atoms with E-state index in [0.717, 1.165) is 30.2 Å². The second-order valence-corrected chi connectivity index (χ2v) is 6.56.